The molecule has 74 valence electrons. The summed E-state index contributed by atoms with van der Waals surface area (Å²) in [4.78, 5) is 13.4. The highest BCUT2D eigenvalue weighted by molar-refractivity contribution is 5.82. The lowest BCUT2D eigenvalue weighted by Gasteiger charge is -2.33. The number of ketones is 1. The molecule has 2 heterocycles. The van der Waals surface area contributed by atoms with Gasteiger partial charge in [-0.3, -0.25) is 9.69 Å². The van der Waals surface area contributed by atoms with Crippen LogP contribution < -0.4 is 0 Å². The number of rotatable bonds is 1. The van der Waals surface area contributed by atoms with E-state index < -0.39 is 0 Å². The van der Waals surface area contributed by atoms with Crippen LogP contribution >= 0.6 is 0 Å². The minimum absolute atomic E-state index is 0.370. The van der Waals surface area contributed by atoms with Crippen LogP contribution in [-0.4, -0.2) is 42.5 Å². The van der Waals surface area contributed by atoms with Gasteiger partial charge in [0.15, 0.2) is 0 Å². The lowest BCUT2D eigenvalue weighted by molar-refractivity contribution is -0.117. The van der Waals surface area contributed by atoms with Gasteiger partial charge in [0.1, 0.15) is 5.78 Å². The molecule has 0 aromatic heterocycles. The Morgan fingerprint density at radius 3 is 3.00 bits per heavy atom. The van der Waals surface area contributed by atoms with Gasteiger partial charge in [0.25, 0.3) is 0 Å². The molecule has 2 aliphatic rings. The summed E-state index contributed by atoms with van der Waals surface area (Å²) in [5.74, 6) is 0.402. The van der Waals surface area contributed by atoms with E-state index in [-0.39, 0.29) is 0 Å². The van der Waals surface area contributed by atoms with E-state index in [1.165, 1.54) is 0 Å². The smallest absolute Gasteiger partial charge is 0.148 e. The maximum atomic E-state index is 11.1. The number of carbonyl (C=O) groups excluding carboxylic acids is 1. The molecule has 2 atom stereocenters. The maximum absolute atomic E-state index is 11.1. The van der Waals surface area contributed by atoms with Crippen LogP contribution in [0.15, 0.2) is 0 Å². The number of likely N-dealkylation sites (tertiary alicyclic amines) is 1. The van der Waals surface area contributed by atoms with E-state index in [1.807, 2.05) is 0 Å². The average Bonchev–Trinajstić information content (AvgIpc) is 2.52. The Morgan fingerprint density at radius 1 is 1.54 bits per heavy atom. The molecule has 0 bridgehead atoms. The zero-order valence-corrected chi connectivity index (χ0v) is 8.16. The van der Waals surface area contributed by atoms with Crippen molar-refractivity contribution in [3.05, 3.63) is 0 Å². The van der Waals surface area contributed by atoms with E-state index in [0.717, 1.165) is 32.4 Å². The van der Waals surface area contributed by atoms with Crippen LogP contribution in [0, 0.1) is 0 Å². The van der Waals surface area contributed by atoms with Crippen molar-refractivity contribution in [3.63, 3.8) is 0 Å². The summed E-state index contributed by atoms with van der Waals surface area (Å²) >= 11 is 0. The first-order valence-corrected chi connectivity index (χ1v) is 5.13. The fourth-order valence-electron chi connectivity index (χ4n) is 2.27. The summed E-state index contributed by atoms with van der Waals surface area (Å²) in [5.41, 5.74) is 0. The highest BCUT2D eigenvalue weighted by Gasteiger charge is 2.29. The zero-order chi connectivity index (χ0) is 9.26. The van der Waals surface area contributed by atoms with E-state index in [4.69, 9.17) is 4.74 Å². The quantitative estimate of drug-likeness (QED) is 0.603. The lowest BCUT2D eigenvalue weighted by atomic mass is 10.0. The van der Waals surface area contributed by atoms with Crippen molar-refractivity contribution in [3.8, 4) is 0 Å². The molecule has 0 spiro atoms. The van der Waals surface area contributed by atoms with Gasteiger partial charge in [-0.15, -0.1) is 0 Å². The molecule has 2 unspecified atom stereocenters. The molecule has 2 rings (SSSR count). The highest BCUT2D eigenvalue weighted by atomic mass is 16.5. The molecule has 13 heavy (non-hydrogen) atoms. The molecule has 0 amide bonds. The first-order chi connectivity index (χ1) is 6.25. The Hall–Kier alpha value is -0.410. The SMILES string of the molecule is CC1CC(N2CCC(=O)C2)CCO1. The van der Waals surface area contributed by atoms with E-state index in [2.05, 4.69) is 11.8 Å². The predicted molar refractivity (Wildman–Crippen MR) is 49.6 cm³/mol. The van der Waals surface area contributed by atoms with Gasteiger partial charge >= 0.3 is 0 Å². The second-order valence-corrected chi connectivity index (χ2v) is 4.12. The van der Waals surface area contributed by atoms with E-state index in [9.17, 15) is 4.79 Å². The van der Waals surface area contributed by atoms with Crippen molar-refractivity contribution in [2.75, 3.05) is 19.7 Å². The minimum Gasteiger partial charge on any atom is -0.378 e. The van der Waals surface area contributed by atoms with Crippen molar-refractivity contribution in [1.82, 2.24) is 4.90 Å². The molecule has 0 aromatic carbocycles. The standard InChI is InChI=1S/C10H17NO2/c1-8-6-9(3-5-13-8)11-4-2-10(12)7-11/h8-9H,2-7H2,1H3. The van der Waals surface area contributed by atoms with Gasteiger partial charge in [0.05, 0.1) is 12.6 Å². The monoisotopic (exact) mass is 183 g/mol. The first-order valence-electron chi connectivity index (χ1n) is 5.13. The van der Waals surface area contributed by atoms with Crippen LogP contribution in [0.1, 0.15) is 26.2 Å². The molecular weight excluding hydrogens is 166 g/mol. The number of nitrogens with zero attached hydrogens (tertiary/aromatic N) is 1. The van der Waals surface area contributed by atoms with Gasteiger partial charge in [0, 0.05) is 25.6 Å². The maximum Gasteiger partial charge on any atom is 0.148 e. The summed E-state index contributed by atoms with van der Waals surface area (Å²) in [6.07, 6.45) is 3.31. The van der Waals surface area contributed by atoms with Gasteiger partial charge in [-0.1, -0.05) is 0 Å². The fourth-order valence-corrected chi connectivity index (χ4v) is 2.27. The van der Waals surface area contributed by atoms with Gasteiger partial charge in [0.2, 0.25) is 0 Å². The topological polar surface area (TPSA) is 29.5 Å². The Kier molecular flexibility index (Phi) is 2.65. The normalized spacial score (nSPS) is 36.8. The van der Waals surface area contributed by atoms with Gasteiger partial charge in [-0.2, -0.15) is 0 Å². The summed E-state index contributed by atoms with van der Waals surface area (Å²) in [7, 11) is 0. The van der Waals surface area contributed by atoms with Crippen LogP contribution in [0.2, 0.25) is 0 Å². The molecule has 0 radical (unpaired) electrons. The largest absolute Gasteiger partial charge is 0.378 e. The lowest BCUT2D eigenvalue weighted by Crippen LogP contribution is -2.40. The molecule has 0 saturated carbocycles. The summed E-state index contributed by atoms with van der Waals surface area (Å²) in [6.45, 7) is 4.62. The Balaban J connectivity index is 1.89. The summed E-state index contributed by atoms with van der Waals surface area (Å²) < 4.78 is 5.48. The van der Waals surface area contributed by atoms with Crippen molar-refractivity contribution >= 4 is 5.78 Å². The molecular formula is C10H17NO2. The third-order valence-electron chi connectivity index (χ3n) is 3.03. The van der Waals surface area contributed by atoms with Crippen LogP contribution in [0.4, 0.5) is 0 Å². The molecule has 3 heteroatoms. The second kappa shape index (κ2) is 3.76. The highest BCUT2D eigenvalue weighted by Crippen LogP contribution is 2.21. The Labute approximate surface area is 79.0 Å². The minimum atomic E-state index is 0.370. The van der Waals surface area contributed by atoms with Crippen LogP contribution in [0.5, 0.6) is 0 Å². The molecule has 0 aromatic rings. The van der Waals surface area contributed by atoms with Gasteiger partial charge < -0.3 is 4.74 Å². The van der Waals surface area contributed by atoms with E-state index >= 15 is 0 Å². The van der Waals surface area contributed by atoms with Crippen molar-refractivity contribution in [2.24, 2.45) is 0 Å². The number of Topliss-reactive ketones (excluding diaryl/α,β-unsaturated/α-hetero) is 1. The third kappa shape index (κ3) is 2.09. The Morgan fingerprint density at radius 2 is 2.38 bits per heavy atom. The molecule has 0 aliphatic carbocycles. The van der Waals surface area contributed by atoms with Crippen molar-refractivity contribution in [2.45, 2.75) is 38.3 Å². The molecule has 2 saturated heterocycles. The second-order valence-electron chi connectivity index (χ2n) is 4.12. The van der Waals surface area contributed by atoms with Gasteiger partial charge in [-0.05, 0) is 19.8 Å². The van der Waals surface area contributed by atoms with Crippen LogP contribution in [0.25, 0.3) is 0 Å². The number of hydrogen-bond acceptors (Lipinski definition) is 3. The van der Waals surface area contributed by atoms with Crippen LogP contribution in [-0.2, 0) is 9.53 Å². The molecule has 0 N–H and O–H groups in total. The zero-order valence-electron chi connectivity index (χ0n) is 8.16. The number of ether oxygens (including phenoxy) is 1. The predicted octanol–water partition coefficient (Wildman–Crippen LogP) is 0.829. The fraction of sp³-hybridized carbons (Fsp3) is 0.900. The average molecular weight is 183 g/mol. The Bertz CT molecular complexity index is 205. The first kappa shape index (κ1) is 9.16. The van der Waals surface area contributed by atoms with E-state index in [1.54, 1.807) is 0 Å². The summed E-state index contributed by atoms with van der Waals surface area (Å²) in [6, 6.07) is 0.593. The van der Waals surface area contributed by atoms with Crippen molar-refractivity contribution < 1.29 is 9.53 Å². The third-order valence-corrected chi connectivity index (χ3v) is 3.03. The van der Waals surface area contributed by atoms with Crippen molar-refractivity contribution in [1.29, 1.82) is 0 Å². The van der Waals surface area contributed by atoms with Gasteiger partial charge in [-0.25, -0.2) is 0 Å². The number of hydrogen-bond donors (Lipinski definition) is 0. The number of carbonyl (C=O) groups is 1. The van der Waals surface area contributed by atoms with Crippen LogP contribution in [0.3, 0.4) is 0 Å². The molecule has 2 fully saturated rings. The summed E-state index contributed by atoms with van der Waals surface area (Å²) in [5, 5.41) is 0. The molecule has 3 nitrogen and oxygen atoms in total. The van der Waals surface area contributed by atoms with E-state index in [0.29, 0.717) is 24.5 Å². The molecule has 2 aliphatic heterocycles.